The van der Waals surface area contributed by atoms with Crippen LogP contribution in [0.15, 0.2) is 35.0 Å². The molecule has 0 amide bonds. The highest BCUT2D eigenvalue weighted by molar-refractivity contribution is 5.78. The molecule has 1 aliphatic carbocycles. The van der Waals surface area contributed by atoms with Gasteiger partial charge in [0.2, 0.25) is 0 Å². The monoisotopic (exact) mass is 348 g/mol. The van der Waals surface area contributed by atoms with Gasteiger partial charge in [0.05, 0.1) is 11.7 Å². The van der Waals surface area contributed by atoms with E-state index in [-0.39, 0.29) is 0 Å². The minimum absolute atomic E-state index is 0.475. The number of aromatic amines is 2. The summed E-state index contributed by atoms with van der Waals surface area (Å²) in [6.07, 6.45) is 8.83. The summed E-state index contributed by atoms with van der Waals surface area (Å²) in [7, 11) is 0. The normalized spacial score (nSPS) is 15.7. The van der Waals surface area contributed by atoms with Crippen LogP contribution < -0.4 is 0 Å². The Morgan fingerprint density at radius 1 is 1.08 bits per heavy atom. The Morgan fingerprint density at radius 2 is 2.00 bits per heavy atom. The van der Waals surface area contributed by atoms with Gasteiger partial charge in [-0.25, -0.2) is 0 Å². The third kappa shape index (κ3) is 2.89. The van der Waals surface area contributed by atoms with E-state index in [2.05, 4.69) is 42.7 Å². The van der Waals surface area contributed by atoms with Gasteiger partial charge in [-0.05, 0) is 36.6 Å². The van der Waals surface area contributed by atoms with Crippen LogP contribution in [0, 0.1) is 0 Å². The zero-order valence-corrected chi connectivity index (χ0v) is 14.4. The molecule has 0 radical (unpaired) electrons. The molecule has 1 fully saturated rings. The van der Waals surface area contributed by atoms with Crippen molar-refractivity contribution in [1.82, 2.24) is 30.5 Å². The summed E-state index contributed by atoms with van der Waals surface area (Å²) in [5.74, 6) is 1.71. The highest BCUT2D eigenvalue weighted by Gasteiger charge is 2.20. The SMILES string of the molecule is c1cc2[nH]ncc2cc1Cc1noc(-c2cc(C3CCCCC3)[nH]n2)n1. The second kappa shape index (κ2) is 6.40. The first-order chi connectivity index (χ1) is 12.8. The summed E-state index contributed by atoms with van der Waals surface area (Å²) in [6.45, 7) is 0. The van der Waals surface area contributed by atoms with E-state index in [1.807, 2.05) is 18.3 Å². The molecule has 0 bridgehead atoms. The van der Waals surface area contributed by atoms with Gasteiger partial charge in [-0.1, -0.05) is 30.5 Å². The van der Waals surface area contributed by atoms with Crippen molar-refractivity contribution in [2.45, 2.75) is 44.4 Å². The lowest BCUT2D eigenvalue weighted by molar-refractivity contribution is 0.422. The summed E-state index contributed by atoms with van der Waals surface area (Å²) in [6, 6.07) is 8.21. The van der Waals surface area contributed by atoms with Gasteiger partial charge in [0, 0.05) is 23.4 Å². The lowest BCUT2D eigenvalue weighted by atomic mass is 9.87. The Kier molecular flexibility index (Phi) is 3.77. The Morgan fingerprint density at radius 3 is 2.92 bits per heavy atom. The fraction of sp³-hybridized carbons (Fsp3) is 0.368. The summed E-state index contributed by atoms with van der Waals surface area (Å²) >= 11 is 0. The van der Waals surface area contributed by atoms with Crippen LogP contribution in [0.3, 0.4) is 0 Å². The third-order valence-electron chi connectivity index (χ3n) is 5.20. The van der Waals surface area contributed by atoms with E-state index < -0.39 is 0 Å². The van der Waals surface area contributed by atoms with Crippen LogP contribution in [0.2, 0.25) is 0 Å². The van der Waals surface area contributed by atoms with Crippen molar-refractivity contribution in [3.63, 3.8) is 0 Å². The number of hydrogen-bond acceptors (Lipinski definition) is 5. The molecule has 4 aromatic rings. The van der Waals surface area contributed by atoms with Crippen LogP contribution in [0.5, 0.6) is 0 Å². The number of nitrogens with one attached hydrogen (secondary N) is 2. The predicted molar refractivity (Wildman–Crippen MR) is 96.6 cm³/mol. The summed E-state index contributed by atoms with van der Waals surface area (Å²) in [5.41, 5.74) is 4.06. The maximum absolute atomic E-state index is 5.43. The molecule has 0 atom stereocenters. The number of benzene rings is 1. The van der Waals surface area contributed by atoms with Crippen molar-refractivity contribution in [2.24, 2.45) is 0 Å². The molecule has 0 aliphatic heterocycles. The zero-order valence-electron chi connectivity index (χ0n) is 14.4. The van der Waals surface area contributed by atoms with E-state index in [9.17, 15) is 0 Å². The van der Waals surface area contributed by atoms with Crippen molar-refractivity contribution in [2.75, 3.05) is 0 Å². The van der Waals surface area contributed by atoms with Gasteiger partial charge in [-0.3, -0.25) is 10.2 Å². The Hall–Kier alpha value is -2.96. The highest BCUT2D eigenvalue weighted by atomic mass is 16.5. The number of rotatable bonds is 4. The van der Waals surface area contributed by atoms with Gasteiger partial charge >= 0.3 is 0 Å². The lowest BCUT2D eigenvalue weighted by Gasteiger charge is -2.19. The Bertz CT molecular complexity index is 1020. The zero-order chi connectivity index (χ0) is 17.3. The van der Waals surface area contributed by atoms with Crippen LogP contribution in [0.1, 0.15) is 55.1 Å². The van der Waals surface area contributed by atoms with Gasteiger partial charge in [-0.15, -0.1) is 0 Å². The van der Waals surface area contributed by atoms with Crippen LogP contribution in [0.25, 0.3) is 22.5 Å². The molecule has 26 heavy (non-hydrogen) atoms. The Labute approximate surface area is 150 Å². The predicted octanol–water partition coefficient (Wildman–Crippen LogP) is 3.97. The number of H-pyrrole nitrogens is 2. The van der Waals surface area contributed by atoms with Crippen molar-refractivity contribution in [3.05, 3.63) is 47.5 Å². The standard InChI is InChI=1S/C19H20N6O/c1-2-4-13(5-3-1)16-10-17(24-23-16)19-21-18(25-26-19)9-12-6-7-15-14(8-12)11-20-22-15/h6-8,10-11,13H,1-5,9H2,(H,20,22)(H,23,24). The van der Waals surface area contributed by atoms with Crippen molar-refractivity contribution in [1.29, 1.82) is 0 Å². The molecule has 1 saturated carbocycles. The van der Waals surface area contributed by atoms with Crippen LogP contribution in [-0.4, -0.2) is 30.5 Å². The second-order valence-corrected chi connectivity index (χ2v) is 7.03. The first-order valence-electron chi connectivity index (χ1n) is 9.15. The molecule has 0 unspecified atom stereocenters. The molecule has 0 spiro atoms. The number of aromatic nitrogens is 6. The summed E-state index contributed by atoms with van der Waals surface area (Å²) in [4.78, 5) is 4.52. The fourth-order valence-corrected chi connectivity index (χ4v) is 3.78. The molecule has 3 heterocycles. The quantitative estimate of drug-likeness (QED) is 0.581. The fourth-order valence-electron chi connectivity index (χ4n) is 3.78. The van der Waals surface area contributed by atoms with Gasteiger partial charge in [0.25, 0.3) is 5.89 Å². The number of hydrogen-bond donors (Lipinski definition) is 2. The molecular formula is C19H20N6O. The average Bonchev–Trinajstić information content (AvgIpc) is 3.42. The van der Waals surface area contributed by atoms with E-state index in [1.54, 1.807) is 0 Å². The molecule has 1 aromatic carbocycles. The van der Waals surface area contributed by atoms with E-state index >= 15 is 0 Å². The van der Waals surface area contributed by atoms with E-state index in [1.165, 1.54) is 37.8 Å². The average molecular weight is 348 g/mol. The first-order valence-corrected chi connectivity index (χ1v) is 9.15. The van der Waals surface area contributed by atoms with Crippen molar-refractivity contribution >= 4 is 10.9 Å². The molecule has 2 N–H and O–H groups in total. The van der Waals surface area contributed by atoms with Gasteiger partial charge < -0.3 is 4.52 Å². The maximum Gasteiger partial charge on any atom is 0.278 e. The molecular weight excluding hydrogens is 328 g/mol. The topological polar surface area (TPSA) is 96.3 Å². The van der Waals surface area contributed by atoms with Gasteiger partial charge in [0.15, 0.2) is 11.5 Å². The highest BCUT2D eigenvalue weighted by Crippen LogP contribution is 2.32. The number of fused-ring (bicyclic) bond motifs is 1. The van der Waals surface area contributed by atoms with Crippen molar-refractivity contribution < 1.29 is 4.52 Å². The molecule has 7 heteroatoms. The molecule has 7 nitrogen and oxygen atoms in total. The molecule has 5 rings (SSSR count). The second-order valence-electron chi connectivity index (χ2n) is 7.03. The minimum atomic E-state index is 0.475. The van der Waals surface area contributed by atoms with Crippen LogP contribution in [-0.2, 0) is 6.42 Å². The van der Waals surface area contributed by atoms with Crippen LogP contribution >= 0.6 is 0 Å². The lowest BCUT2D eigenvalue weighted by Crippen LogP contribution is -2.04. The summed E-state index contributed by atoms with van der Waals surface area (Å²) < 4.78 is 5.43. The maximum atomic E-state index is 5.43. The van der Waals surface area contributed by atoms with Crippen LogP contribution in [0.4, 0.5) is 0 Å². The van der Waals surface area contributed by atoms with E-state index in [0.717, 1.165) is 22.2 Å². The summed E-state index contributed by atoms with van der Waals surface area (Å²) in [5, 5.41) is 19.7. The molecule has 3 aromatic heterocycles. The van der Waals surface area contributed by atoms with Crippen molar-refractivity contribution in [3.8, 4) is 11.6 Å². The first kappa shape index (κ1) is 15.3. The minimum Gasteiger partial charge on any atom is -0.332 e. The smallest absolute Gasteiger partial charge is 0.278 e. The van der Waals surface area contributed by atoms with Gasteiger partial charge in [-0.2, -0.15) is 15.2 Å². The molecule has 132 valence electrons. The molecule has 1 aliphatic rings. The number of nitrogens with zero attached hydrogens (tertiary/aromatic N) is 4. The third-order valence-corrected chi connectivity index (χ3v) is 5.20. The van der Waals surface area contributed by atoms with E-state index in [4.69, 9.17) is 4.52 Å². The van der Waals surface area contributed by atoms with E-state index in [0.29, 0.717) is 24.1 Å². The van der Waals surface area contributed by atoms with Gasteiger partial charge in [0.1, 0.15) is 0 Å². The molecule has 0 saturated heterocycles. The largest absolute Gasteiger partial charge is 0.332 e. The Balaban J connectivity index is 1.34.